The molecule has 0 aliphatic carbocycles. The molecule has 0 aliphatic rings. The first kappa shape index (κ1) is 8.95. The van der Waals surface area contributed by atoms with Crippen molar-refractivity contribution in [3.05, 3.63) is 0 Å². The van der Waals surface area contributed by atoms with Crippen molar-refractivity contribution in [1.29, 1.82) is 0 Å². The Bertz CT molecular complexity index is 68.1. The molecule has 0 aliphatic heterocycles. The van der Waals surface area contributed by atoms with E-state index >= 15 is 0 Å². The van der Waals surface area contributed by atoms with Gasteiger partial charge in [0, 0.05) is 6.54 Å². The van der Waals surface area contributed by atoms with E-state index in [1.807, 2.05) is 0 Å². The van der Waals surface area contributed by atoms with E-state index in [9.17, 15) is 4.39 Å². The van der Waals surface area contributed by atoms with Gasteiger partial charge >= 0.3 is 0 Å². The zero-order chi connectivity index (χ0) is 7.28. The largest absolute Gasteiger partial charge is 0.312 e. The molecule has 0 spiro atoms. The summed E-state index contributed by atoms with van der Waals surface area (Å²) in [6.07, 6.45) is 0.339. The smallest absolute Gasteiger partial charge is 0.110 e. The summed E-state index contributed by atoms with van der Waals surface area (Å²) in [5, 5.41) is 3.06. The molecule has 0 aromatic carbocycles. The minimum atomic E-state index is -0.723. The van der Waals surface area contributed by atoms with Crippen molar-refractivity contribution in [2.45, 2.75) is 32.4 Å². The average Bonchev–Trinajstić information content (AvgIpc) is 1.83. The van der Waals surface area contributed by atoms with E-state index < -0.39 is 6.17 Å². The number of alkyl halides is 1. The molecular formula is C6H15BFN. The van der Waals surface area contributed by atoms with Crippen LogP contribution in [0.25, 0.3) is 0 Å². The topological polar surface area (TPSA) is 12.0 Å². The average molecular weight is 131 g/mol. The molecular weight excluding hydrogens is 116 g/mol. The van der Waals surface area contributed by atoms with Crippen LogP contribution in [0.2, 0.25) is 6.32 Å². The van der Waals surface area contributed by atoms with Gasteiger partial charge in [-0.2, -0.15) is 0 Å². The van der Waals surface area contributed by atoms with Crippen molar-refractivity contribution in [2.24, 2.45) is 0 Å². The highest BCUT2D eigenvalue weighted by atomic mass is 19.1. The lowest BCUT2D eigenvalue weighted by atomic mass is 9.99. The maximum absolute atomic E-state index is 12.1. The van der Waals surface area contributed by atoms with Gasteiger partial charge in [-0.1, -0.05) is 13.2 Å². The maximum Gasteiger partial charge on any atom is 0.110 e. The quantitative estimate of drug-likeness (QED) is 0.543. The number of hydrogen-bond acceptors (Lipinski definition) is 1. The molecule has 0 aromatic heterocycles. The van der Waals surface area contributed by atoms with Gasteiger partial charge in [0.05, 0.1) is 0 Å². The normalized spacial score (nSPS) is 17.2. The van der Waals surface area contributed by atoms with Crippen molar-refractivity contribution >= 4 is 7.85 Å². The van der Waals surface area contributed by atoms with E-state index in [4.69, 9.17) is 0 Å². The lowest BCUT2D eigenvalue weighted by Crippen LogP contribution is -2.30. The highest BCUT2D eigenvalue weighted by Crippen LogP contribution is 1.89. The molecule has 3 heteroatoms. The van der Waals surface area contributed by atoms with E-state index in [0.717, 1.165) is 6.32 Å². The summed E-state index contributed by atoms with van der Waals surface area (Å²) in [5.74, 6) is 0. The molecule has 1 nitrogen and oxygen atoms in total. The van der Waals surface area contributed by atoms with E-state index in [1.54, 1.807) is 6.92 Å². The first-order valence-electron chi connectivity index (χ1n) is 3.54. The fourth-order valence-corrected chi connectivity index (χ4v) is 0.508. The zero-order valence-corrected chi connectivity index (χ0v) is 6.45. The Morgan fingerprint density at radius 2 is 2.11 bits per heavy atom. The molecule has 1 N–H and O–H groups in total. The minimum Gasteiger partial charge on any atom is -0.312 e. The molecule has 2 unspecified atom stereocenters. The molecule has 0 fully saturated rings. The summed E-state index contributed by atoms with van der Waals surface area (Å²) in [6, 6.07) is 0.447. The van der Waals surface area contributed by atoms with Crippen molar-refractivity contribution in [2.75, 3.05) is 6.54 Å². The monoisotopic (exact) mass is 131 g/mol. The maximum atomic E-state index is 12.1. The molecule has 2 atom stereocenters. The van der Waals surface area contributed by atoms with Gasteiger partial charge in [0.15, 0.2) is 0 Å². The Balaban J connectivity index is 3.06. The van der Waals surface area contributed by atoms with Gasteiger partial charge in [-0.3, -0.25) is 0 Å². The summed E-state index contributed by atoms with van der Waals surface area (Å²) < 4.78 is 12.1. The number of nitrogens with one attached hydrogen (secondary N) is 1. The summed E-state index contributed by atoms with van der Waals surface area (Å²) >= 11 is 0. The van der Waals surface area contributed by atoms with Crippen LogP contribution >= 0.6 is 0 Å². The van der Waals surface area contributed by atoms with Gasteiger partial charge in [0.2, 0.25) is 0 Å². The van der Waals surface area contributed by atoms with Crippen molar-refractivity contribution < 1.29 is 4.39 Å². The molecule has 0 bridgehead atoms. The van der Waals surface area contributed by atoms with Crippen LogP contribution < -0.4 is 5.32 Å². The van der Waals surface area contributed by atoms with Crippen LogP contribution in [-0.4, -0.2) is 26.6 Å². The summed E-state index contributed by atoms with van der Waals surface area (Å²) in [6.45, 7) is 4.10. The predicted octanol–water partition coefficient (Wildman–Crippen LogP) is 0.374. The molecule has 9 heavy (non-hydrogen) atoms. The highest BCUT2D eigenvalue weighted by Gasteiger charge is 1.99. The van der Waals surface area contributed by atoms with Crippen LogP contribution in [-0.2, 0) is 0 Å². The Kier molecular flexibility index (Phi) is 4.77. The number of hydrogen-bond donors (Lipinski definition) is 1. The van der Waals surface area contributed by atoms with Crippen LogP contribution in [0.4, 0.5) is 4.39 Å². The van der Waals surface area contributed by atoms with Gasteiger partial charge in [-0.15, -0.1) is 0 Å². The molecule has 0 saturated carbocycles. The molecule has 0 rings (SSSR count). The molecule has 54 valence electrons. The van der Waals surface area contributed by atoms with Crippen molar-refractivity contribution in [3.63, 3.8) is 0 Å². The first-order chi connectivity index (χ1) is 4.16. The van der Waals surface area contributed by atoms with Crippen LogP contribution in [0.15, 0.2) is 0 Å². The van der Waals surface area contributed by atoms with Crippen LogP contribution in [0.5, 0.6) is 0 Å². The van der Waals surface area contributed by atoms with Gasteiger partial charge in [-0.05, 0) is 13.0 Å². The number of halogens is 1. The summed E-state index contributed by atoms with van der Waals surface area (Å²) in [7, 11) is 2.08. The zero-order valence-electron chi connectivity index (χ0n) is 6.45. The van der Waals surface area contributed by atoms with Gasteiger partial charge in [-0.25, -0.2) is 4.39 Å². The third kappa shape index (κ3) is 5.83. The SMILES string of the molecule is BCC(C)NCC(C)F. The van der Waals surface area contributed by atoms with Gasteiger partial charge in [0.1, 0.15) is 14.0 Å². The lowest BCUT2D eigenvalue weighted by molar-refractivity contribution is 0.335. The summed E-state index contributed by atoms with van der Waals surface area (Å²) in [5.41, 5.74) is 0. The van der Waals surface area contributed by atoms with Crippen molar-refractivity contribution in [1.82, 2.24) is 5.32 Å². The molecule has 0 heterocycles. The second-order valence-corrected chi connectivity index (χ2v) is 2.50. The van der Waals surface area contributed by atoms with E-state index in [-0.39, 0.29) is 0 Å². The molecule has 0 radical (unpaired) electrons. The highest BCUT2D eigenvalue weighted by molar-refractivity contribution is 6.08. The van der Waals surface area contributed by atoms with Crippen LogP contribution in [0.1, 0.15) is 13.8 Å². The van der Waals surface area contributed by atoms with Gasteiger partial charge < -0.3 is 5.32 Å². The summed E-state index contributed by atoms with van der Waals surface area (Å²) in [4.78, 5) is 0. The first-order valence-corrected chi connectivity index (χ1v) is 3.54. The van der Waals surface area contributed by atoms with Crippen LogP contribution in [0.3, 0.4) is 0 Å². The fraction of sp³-hybridized carbons (Fsp3) is 1.00. The van der Waals surface area contributed by atoms with E-state index in [0.29, 0.717) is 12.6 Å². The molecule has 0 amide bonds. The Morgan fingerprint density at radius 3 is 2.44 bits per heavy atom. The van der Waals surface area contributed by atoms with E-state index in [1.165, 1.54) is 0 Å². The molecule has 0 saturated heterocycles. The predicted molar refractivity (Wildman–Crippen MR) is 41.4 cm³/mol. The number of rotatable bonds is 4. The van der Waals surface area contributed by atoms with E-state index in [2.05, 4.69) is 20.1 Å². The Morgan fingerprint density at radius 1 is 1.56 bits per heavy atom. The fourth-order valence-electron chi connectivity index (χ4n) is 0.508. The molecule has 0 aromatic rings. The Labute approximate surface area is 57.4 Å². The lowest BCUT2D eigenvalue weighted by Gasteiger charge is -2.10. The second-order valence-electron chi connectivity index (χ2n) is 2.50. The second kappa shape index (κ2) is 4.80. The minimum absolute atomic E-state index is 0.447. The standard InChI is InChI=1S/C6H15BFN/c1-5(8)4-9-6(2)3-7/h5-6,9H,3-4,7H2,1-2H3. The third-order valence-corrected chi connectivity index (χ3v) is 1.36. The van der Waals surface area contributed by atoms with Crippen molar-refractivity contribution in [3.8, 4) is 0 Å². The Hall–Kier alpha value is -0.0451. The third-order valence-electron chi connectivity index (χ3n) is 1.36. The van der Waals surface area contributed by atoms with Gasteiger partial charge in [0.25, 0.3) is 0 Å². The van der Waals surface area contributed by atoms with Crippen LogP contribution in [0, 0.1) is 0 Å².